The monoisotopic (exact) mass is 768 g/mol. The first-order chi connectivity index (χ1) is 28.7. The lowest BCUT2D eigenvalue weighted by atomic mass is 9.53. The predicted octanol–water partition coefficient (Wildman–Crippen LogP) is 8.06. The average Bonchev–Trinajstić information content (AvgIpc) is 3.80. The van der Waals surface area contributed by atoms with Crippen molar-refractivity contribution in [1.29, 1.82) is 0 Å². The van der Waals surface area contributed by atoms with Crippen molar-refractivity contribution in [3.63, 3.8) is 0 Å². The Kier molecular flexibility index (Phi) is 6.94. The largest absolute Gasteiger partial charge is 0.354 e. The number of quaternary nitrogens is 2. The highest BCUT2D eigenvalue weighted by molar-refractivity contribution is 5.68. The Morgan fingerprint density at radius 3 is 1.98 bits per heavy atom. The van der Waals surface area contributed by atoms with E-state index in [1.54, 1.807) is 16.7 Å². The molecule has 4 aromatic rings. The van der Waals surface area contributed by atoms with Crippen molar-refractivity contribution in [2.75, 3.05) is 49.2 Å². The van der Waals surface area contributed by atoms with Gasteiger partial charge in [0.15, 0.2) is 0 Å². The number of nitrogens with zero attached hydrogens (tertiary/aromatic N) is 4. The molecule has 8 heterocycles. The van der Waals surface area contributed by atoms with Gasteiger partial charge in [-0.05, 0) is 34.9 Å². The molecule has 0 amide bonds. The van der Waals surface area contributed by atoms with Gasteiger partial charge in [-0.3, -0.25) is 0 Å². The summed E-state index contributed by atoms with van der Waals surface area (Å²) >= 11 is 0. The first-order valence-corrected chi connectivity index (χ1v) is 22.8. The predicted molar refractivity (Wildman–Crippen MR) is 227 cm³/mol. The van der Waals surface area contributed by atoms with Crippen LogP contribution in [0.3, 0.4) is 0 Å². The molecule has 2 aliphatic carbocycles. The Hall–Kier alpha value is -4.20. The summed E-state index contributed by atoms with van der Waals surface area (Å²) in [5.74, 6) is 2.26. The lowest BCUT2D eigenvalue weighted by molar-refractivity contribution is -0.955. The summed E-state index contributed by atoms with van der Waals surface area (Å²) in [5, 5.41) is 0. The normalized spacial score (nSPS) is 43.0. The van der Waals surface area contributed by atoms with Crippen LogP contribution in [0.4, 0.5) is 11.4 Å². The summed E-state index contributed by atoms with van der Waals surface area (Å²) in [7, 11) is 0. The smallest absolute Gasteiger partial charge is 0.136 e. The van der Waals surface area contributed by atoms with E-state index in [2.05, 4.69) is 137 Å². The van der Waals surface area contributed by atoms with Gasteiger partial charge in [-0.2, -0.15) is 0 Å². The van der Waals surface area contributed by atoms with Crippen molar-refractivity contribution in [2.45, 2.75) is 80.8 Å². The Morgan fingerprint density at radius 2 is 1.24 bits per heavy atom. The molecule has 2 saturated carbocycles. The Labute approximate surface area is 343 Å². The average molecular weight is 769 g/mol. The van der Waals surface area contributed by atoms with Gasteiger partial charge in [0.25, 0.3) is 0 Å². The van der Waals surface area contributed by atoms with E-state index in [0.717, 1.165) is 19.6 Å². The molecule has 0 radical (unpaired) electrons. The minimum Gasteiger partial charge on any atom is -0.354 e. The molecule has 1 spiro atoms. The Bertz CT molecular complexity index is 2350. The summed E-state index contributed by atoms with van der Waals surface area (Å²) < 4.78 is 17.7. The third-order valence-corrected chi connectivity index (χ3v) is 18.4. The summed E-state index contributed by atoms with van der Waals surface area (Å²) in [6, 6.07) is 46.2. The topological polar surface area (TPSA) is 24.9 Å². The van der Waals surface area contributed by atoms with E-state index in [1.165, 1.54) is 76.8 Å². The van der Waals surface area contributed by atoms with E-state index in [-0.39, 0.29) is 17.9 Å². The molecule has 10 aliphatic rings. The van der Waals surface area contributed by atoms with Gasteiger partial charge in [-0.1, -0.05) is 109 Å². The number of benzene rings is 4. The number of ether oxygens (including phenoxy) is 2. The second kappa shape index (κ2) is 12.0. The van der Waals surface area contributed by atoms with Gasteiger partial charge in [0.2, 0.25) is 0 Å². The molecule has 6 heteroatoms. The fraction of sp³-hybridized carbons (Fsp3) is 0.462. The molecule has 5 saturated heterocycles. The van der Waals surface area contributed by atoms with E-state index < -0.39 is 0 Å². The molecule has 14 rings (SSSR count). The van der Waals surface area contributed by atoms with Gasteiger partial charge in [0.1, 0.15) is 44.7 Å². The Balaban J connectivity index is 0.996. The van der Waals surface area contributed by atoms with E-state index >= 15 is 0 Å². The second-order valence-electron chi connectivity index (χ2n) is 20.3. The van der Waals surface area contributed by atoms with Crippen LogP contribution in [0.25, 0.3) is 0 Å². The van der Waals surface area contributed by atoms with Gasteiger partial charge in [-0.15, -0.1) is 0 Å². The maximum Gasteiger partial charge on any atom is 0.136 e. The maximum absolute atomic E-state index is 7.64. The molecule has 7 fully saturated rings. The number of para-hydroxylation sites is 2. The van der Waals surface area contributed by atoms with Crippen molar-refractivity contribution in [3.8, 4) is 0 Å². The third kappa shape index (κ3) is 4.23. The van der Waals surface area contributed by atoms with Crippen LogP contribution in [-0.2, 0) is 28.0 Å². The zero-order valence-electron chi connectivity index (χ0n) is 33.6. The molecule has 14 atom stereocenters. The third-order valence-electron chi connectivity index (χ3n) is 18.4. The van der Waals surface area contributed by atoms with Crippen LogP contribution < -0.4 is 9.80 Å². The molecule has 0 N–H and O–H groups in total. The number of rotatable bonds is 5. The van der Waals surface area contributed by atoms with Crippen LogP contribution in [0, 0.1) is 29.6 Å². The molecule has 4 bridgehead atoms. The van der Waals surface area contributed by atoms with E-state index in [0.29, 0.717) is 67.0 Å². The highest BCUT2D eigenvalue weighted by Gasteiger charge is 2.77. The minimum atomic E-state index is -0.00686. The zero-order chi connectivity index (χ0) is 37.8. The lowest BCUT2D eigenvalue weighted by Crippen LogP contribution is -2.77. The first-order valence-electron chi connectivity index (χ1n) is 22.8. The number of piperidine rings is 2. The van der Waals surface area contributed by atoms with Crippen LogP contribution in [0.2, 0.25) is 0 Å². The van der Waals surface area contributed by atoms with Crippen molar-refractivity contribution in [1.82, 2.24) is 0 Å². The van der Waals surface area contributed by atoms with Crippen molar-refractivity contribution >= 4 is 11.4 Å². The molecule has 6 nitrogen and oxygen atoms in total. The number of fused-ring (bicyclic) bond motifs is 4. The lowest BCUT2D eigenvalue weighted by Gasteiger charge is -2.65. The van der Waals surface area contributed by atoms with Crippen LogP contribution in [0.15, 0.2) is 139 Å². The van der Waals surface area contributed by atoms with E-state index in [4.69, 9.17) is 9.47 Å². The molecule has 0 aromatic heterocycles. The summed E-state index contributed by atoms with van der Waals surface area (Å²) in [5.41, 5.74) is 10.8. The van der Waals surface area contributed by atoms with E-state index in [1.807, 2.05) is 0 Å². The van der Waals surface area contributed by atoms with Gasteiger partial charge < -0.3 is 28.2 Å². The van der Waals surface area contributed by atoms with Gasteiger partial charge >= 0.3 is 0 Å². The molecule has 14 unspecified atom stereocenters. The maximum atomic E-state index is 7.64. The minimum absolute atomic E-state index is 0.00686. The molecule has 4 aromatic carbocycles. The van der Waals surface area contributed by atoms with Gasteiger partial charge in [0, 0.05) is 83.8 Å². The highest BCUT2D eigenvalue weighted by Crippen LogP contribution is 2.69. The molecule has 8 aliphatic heterocycles. The molecule has 294 valence electrons. The highest BCUT2D eigenvalue weighted by atomic mass is 16.5. The fourth-order valence-electron chi connectivity index (χ4n) is 16.7. The van der Waals surface area contributed by atoms with Crippen LogP contribution in [-0.4, -0.2) is 85.0 Å². The van der Waals surface area contributed by atoms with Crippen LogP contribution >= 0.6 is 0 Å². The molecular weight excluding hydrogens is 713 g/mol. The standard InChI is InChI=1S/C52H56N4O2/c1-4-12-34(13-5-1)30-55-24-20-39-44(55)28-40-36(32-55)21-26-57-50-46(40)48(39)53(38-16-8-3-9-17-38)51-47-41-29-45-52(42-18-10-11-19-43(42)54(50)49(47)52)23-25-56(45,33-37(41)22-27-58-51)31-35-14-6-2-7-15-35/h1-19,21-22,39-41,44-51H,20,23-33H2/q+2. The van der Waals surface area contributed by atoms with Crippen LogP contribution in [0.1, 0.15) is 42.4 Å². The molecular formula is C52H56N4O2+2. The van der Waals surface area contributed by atoms with Crippen molar-refractivity contribution < 1.29 is 18.4 Å². The van der Waals surface area contributed by atoms with Crippen molar-refractivity contribution in [3.05, 3.63) is 155 Å². The molecule has 58 heavy (non-hydrogen) atoms. The number of hydrogen-bond acceptors (Lipinski definition) is 4. The Morgan fingerprint density at radius 1 is 0.621 bits per heavy atom. The van der Waals surface area contributed by atoms with Crippen molar-refractivity contribution in [2.24, 2.45) is 29.6 Å². The summed E-state index contributed by atoms with van der Waals surface area (Å²) in [4.78, 5) is 5.96. The summed E-state index contributed by atoms with van der Waals surface area (Å²) in [6.45, 7) is 8.48. The first kappa shape index (κ1) is 33.6. The van der Waals surface area contributed by atoms with Gasteiger partial charge in [0.05, 0.1) is 43.8 Å². The van der Waals surface area contributed by atoms with Crippen LogP contribution in [0.5, 0.6) is 0 Å². The summed E-state index contributed by atoms with van der Waals surface area (Å²) in [6.07, 6.45) is 10.2. The van der Waals surface area contributed by atoms with Gasteiger partial charge in [-0.25, -0.2) is 0 Å². The van der Waals surface area contributed by atoms with E-state index in [9.17, 15) is 0 Å². The quantitative estimate of drug-likeness (QED) is 0.152. The number of anilines is 2. The SMILES string of the molecule is C1=C2C[N+]3(Cc4ccccc4)CCC4C5C(C2CC43)C(OC1)N1c2ccccc2C23CC[N+]4(Cc6ccccc6)CC6=CCOC(C(C6CC24)C13)N5c1ccccc1. The fourth-order valence-corrected chi connectivity index (χ4v) is 16.7. The number of hydrogen-bond donors (Lipinski definition) is 0. The zero-order valence-corrected chi connectivity index (χ0v) is 33.6. The second-order valence-corrected chi connectivity index (χ2v) is 20.3.